The van der Waals surface area contributed by atoms with Gasteiger partial charge in [0.15, 0.2) is 5.13 Å². The molecule has 2 N–H and O–H groups in total. The maximum absolute atomic E-state index is 13.1. The Morgan fingerprint density at radius 3 is 2.77 bits per heavy atom. The fraction of sp³-hybridized carbons (Fsp3) is 0.435. The molecule has 1 aromatic carbocycles. The van der Waals surface area contributed by atoms with Crippen LogP contribution in [0.2, 0.25) is 0 Å². The van der Waals surface area contributed by atoms with Crippen molar-refractivity contribution in [3.63, 3.8) is 0 Å². The molecule has 1 aliphatic carbocycles. The molecule has 2 aliphatic rings. The number of carbonyl (C=O) groups is 2. The maximum Gasteiger partial charge on any atom is 0.253 e. The molecule has 2 aromatic heterocycles. The molecule has 6 nitrogen and oxygen atoms in total. The Kier molecular flexibility index (Phi) is 5.06. The molecule has 0 spiro atoms. The van der Waals surface area contributed by atoms with Crippen molar-refractivity contribution >= 4 is 39.2 Å². The van der Waals surface area contributed by atoms with Crippen LogP contribution in [-0.4, -0.2) is 39.8 Å². The van der Waals surface area contributed by atoms with E-state index in [2.05, 4.69) is 21.4 Å². The number of likely N-dealkylation sites (tertiary alicyclic amines) is 1. The largest absolute Gasteiger partial charge is 0.358 e. The van der Waals surface area contributed by atoms with E-state index in [-0.39, 0.29) is 17.7 Å². The van der Waals surface area contributed by atoms with E-state index in [9.17, 15) is 9.59 Å². The summed E-state index contributed by atoms with van der Waals surface area (Å²) in [4.78, 5) is 35.3. The molecule has 1 aliphatic heterocycles. The summed E-state index contributed by atoms with van der Waals surface area (Å²) in [7, 11) is 0. The van der Waals surface area contributed by atoms with Crippen LogP contribution in [0.15, 0.2) is 23.6 Å². The molecule has 156 valence electrons. The van der Waals surface area contributed by atoms with Crippen LogP contribution in [0, 0.1) is 12.8 Å². The molecule has 1 saturated heterocycles. The molecule has 2 amide bonds. The third kappa shape index (κ3) is 3.62. The van der Waals surface area contributed by atoms with Crippen molar-refractivity contribution in [1.29, 1.82) is 0 Å². The van der Waals surface area contributed by atoms with Crippen molar-refractivity contribution in [2.45, 2.75) is 45.4 Å². The Hall–Kier alpha value is -2.67. The molecule has 0 bridgehead atoms. The van der Waals surface area contributed by atoms with Crippen LogP contribution >= 0.6 is 11.3 Å². The molecular formula is C23H26N4O2S. The van der Waals surface area contributed by atoms with E-state index in [1.54, 1.807) is 0 Å². The van der Waals surface area contributed by atoms with Gasteiger partial charge >= 0.3 is 0 Å². The van der Waals surface area contributed by atoms with Crippen LogP contribution in [0.3, 0.4) is 0 Å². The molecule has 1 fully saturated rings. The van der Waals surface area contributed by atoms with Gasteiger partial charge in [-0.1, -0.05) is 0 Å². The molecule has 0 atom stereocenters. The van der Waals surface area contributed by atoms with Crippen LogP contribution in [0.5, 0.6) is 0 Å². The number of hydrogen-bond donors (Lipinski definition) is 2. The van der Waals surface area contributed by atoms with E-state index in [1.807, 2.05) is 29.3 Å². The fourth-order valence-electron chi connectivity index (χ4n) is 4.69. The van der Waals surface area contributed by atoms with Gasteiger partial charge < -0.3 is 15.2 Å². The monoisotopic (exact) mass is 422 g/mol. The number of carbonyl (C=O) groups excluding carboxylic acids is 2. The smallest absolute Gasteiger partial charge is 0.253 e. The number of anilines is 1. The Bertz CT molecular complexity index is 1110. The Balaban J connectivity index is 1.25. The summed E-state index contributed by atoms with van der Waals surface area (Å²) in [5, 5.41) is 6.69. The first-order valence-corrected chi connectivity index (χ1v) is 11.6. The summed E-state index contributed by atoms with van der Waals surface area (Å²) in [6, 6.07) is 6.02. The molecule has 0 saturated carbocycles. The van der Waals surface area contributed by atoms with Crippen molar-refractivity contribution in [2.24, 2.45) is 5.92 Å². The van der Waals surface area contributed by atoms with Gasteiger partial charge in [0.1, 0.15) is 0 Å². The fourth-order valence-corrected chi connectivity index (χ4v) is 5.38. The zero-order chi connectivity index (χ0) is 20.7. The van der Waals surface area contributed by atoms with E-state index >= 15 is 0 Å². The second-order valence-electron chi connectivity index (χ2n) is 8.40. The molecule has 0 radical (unpaired) electrons. The molecule has 30 heavy (non-hydrogen) atoms. The highest BCUT2D eigenvalue weighted by molar-refractivity contribution is 7.13. The lowest BCUT2D eigenvalue weighted by Gasteiger charge is -2.31. The zero-order valence-electron chi connectivity index (χ0n) is 17.2. The van der Waals surface area contributed by atoms with Crippen molar-refractivity contribution in [1.82, 2.24) is 14.9 Å². The minimum absolute atomic E-state index is 0.0109. The van der Waals surface area contributed by atoms with Gasteiger partial charge in [0.2, 0.25) is 5.91 Å². The van der Waals surface area contributed by atoms with Gasteiger partial charge in [-0.25, -0.2) is 4.98 Å². The van der Waals surface area contributed by atoms with Gasteiger partial charge in [0, 0.05) is 46.5 Å². The van der Waals surface area contributed by atoms with E-state index in [0.29, 0.717) is 31.1 Å². The summed E-state index contributed by atoms with van der Waals surface area (Å²) >= 11 is 1.45. The number of H-pyrrole nitrogens is 1. The number of aromatic nitrogens is 2. The third-order valence-electron chi connectivity index (χ3n) is 6.35. The predicted molar refractivity (Wildman–Crippen MR) is 119 cm³/mol. The van der Waals surface area contributed by atoms with Crippen LogP contribution < -0.4 is 5.32 Å². The first kappa shape index (κ1) is 19.3. The maximum atomic E-state index is 13.1. The lowest BCUT2D eigenvalue weighted by atomic mass is 9.94. The predicted octanol–water partition coefficient (Wildman–Crippen LogP) is 4.30. The number of rotatable bonds is 3. The van der Waals surface area contributed by atoms with E-state index < -0.39 is 0 Å². The van der Waals surface area contributed by atoms with Gasteiger partial charge in [-0.15, -0.1) is 11.3 Å². The van der Waals surface area contributed by atoms with E-state index in [1.165, 1.54) is 40.8 Å². The minimum atomic E-state index is -0.0718. The van der Waals surface area contributed by atoms with Gasteiger partial charge in [-0.05, 0) is 69.2 Å². The third-order valence-corrected chi connectivity index (χ3v) is 7.22. The highest BCUT2D eigenvalue weighted by atomic mass is 32.1. The minimum Gasteiger partial charge on any atom is -0.358 e. The van der Waals surface area contributed by atoms with E-state index in [0.717, 1.165) is 29.6 Å². The van der Waals surface area contributed by atoms with Gasteiger partial charge in [-0.2, -0.15) is 0 Å². The molecule has 3 aromatic rings. The Morgan fingerprint density at radius 1 is 1.20 bits per heavy atom. The number of aryl methyl sites for hydroxylation is 3. The number of fused-ring (bicyclic) bond motifs is 3. The number of nitrogens with zero attached hydrogens (tertiary/aromatic N) is 2. The second kappa shape index (κ2) is 7.87. The van der Waals surface area contributed by atoms with Crippen molar-refractivity contribution in [3.8, 4) is 0 Å². The lowest BCUT2D eigenvalue weighted by molar-refractivity contribution is -0.121. The first-order valence-electron chi connectivity index (χ1n) is 10.7. The molecule has 5 rings (SSSR count). The van der Waals surface area contributed by atoms with Crippen molar-refractivity contribution < 1.29 is 9.59 Å². The number of thiazole rings is 1. The van der Waals surface area contributed by atoms with Crippen LogP contribution in [0.4, 0.5) is 5.13 Å². The quantitative estimate of drug-likeness (QED) is 0.660. The summed E-state index contributed by atoms with van der Waals surface area (Å²) in [5.41, 5.74) is 5.51. The number of amides is 2. The Morgan fingerprint density at radius 2 is 2.00 bits per heavy atom. The number of benzene rings is 1. The normalized spacial score (nSPS) is 17.2. The van der Waals surface area contributed by atoms with Crippen LogP contribution in [0.25, 0.3) is 10.9 Å². The van der Waals surface area contributed by atoms with E-state index in [4.69, 9.17) is 0 Å². The summed E-state index contributed by atoms with van der Waals surface area (Å²) < 4.78 is 0. The summed E-state index contributed by atoms with van der Waals surface area (Å²) in [6.45, 7) is 3.13. The Labute approximate surface area is 179 Å². The molecule has 0 unspecified atom stereocenters. The van der Waals surface area contributed by atoms with Crippen LogP contribution in [0.1, 0.15) is 53.0 Å². The number of piperidine rings is 1. The number of aromatic amines is 1. The molecule has 7 heteroatoms. The van der Waals surface area contributed by atoms with Crippen molar-refractivity contribution in [3.05, 3.63) is 46.1 Å². The average molecular weight is 423 g/mol. The van der Waals surface area contributed by atoms with Gasteiger partial charge in [-0.3, -0.25) is 9.59 Å². The highest BCUT2D eigenvalue weighted by Gasteiger charge is 2.28. The number of nitrogens with one attached hydrogen (secondary N) is 2. The standard InChI is InChI=1S/C23H26N4O2S/c1-14-13-30-23(24-14)26-21(28)15-8-10-27(11-9-15)22(29)16-6-7-20-18(12-16)17-4-2-3-5-19(17)25-20/h6-7,12-13,15,25H,2-5,8-11H2,1H3,(H,24,26,28). The molecule has 3 heterocycles. The molecular weight excluding hydrogens is 396 g/mol. The lowest BCUT2D eigenvalue weighted by Crippen LogP contribution is -2.41. The SMILES string of the molecule is Cc1csc(NC(=O)C2CCN(C(=O)c3ccc4[nH]c5c(c4c3)CCCC5)CC2)n1. The first-order chi connectivity index (χ1) is 14.6. The van der Waals surface area contributed by atoms with Gasteiger partial charge in [0.05, 0.1) is 5.69 Å². The summed E-state index contributed by atoms with van der Waals surface area (Å²) in [5.74, 6) is 0.00585. The number of hydrogen-bond acceptors (Lipinski definition) is 4. The summed E-state index contributed by atoms with van der Waals surface area (Å²) in [6.07, 6.45) is 6.01. The highest BCUT2D eigenvalue weighted by Crippen LogP contribution is 2.30. The zero-order valence-corrected chi connectivity index (χ0v) is 18.0. The van der Waals surface area contributed by atoms with Crippen molar-refractivity contribution in [2.75, 3.05) is 18.4 Å². The average Bonchev–Trinajstić information content (AvgIpc) is 3.35. The van der Waals surface area contributed by atoms with Crippen LogP contribution in [-0.2, 0) is 17.6 Å². The topological polar surface area (TPSA) is 78.1 Å². The van der Waals surface area contributed by atoms with Gasteiger partial charge in [0.25, 0.3) is 5.91 Å². The second-order valence-corrected chi connectivity index (χ2v) is 9.26.